The molecule has 1 saturated carbocycles. The van der Waals surface area contributed by atoms with Crippen LogP contribution in [-0.4, -0.2) is 6.04 Å². The van der Waals surface area contributed by atoms with Crippen LogP contribution in [0.1, 0.15) is 43.4 Å². The second-order valence-corrected chi connectivity index (χ2v) is 5.82. The number of benzene rings is 1. The highest BCUT2D eigenvalue weighted by Gasteiger charge is 2.28. The van der Waals surface area contributed by atoms with E-state index in [9.17, 15) is 0 Å². The largest absolute Gasteiger partial charge is 0.310 e. The van der Waals surface area contributed by atoms with Crippen molar-refractivity contribution in [2.45, 2.75) is 53.1 Å². The van der Waals surface area contributed by atoms with Gasteiger partial charge in [0.1, 0.15) is 0 Å². The van der Waals surface area contributed by atoms with Crippen molar-refractivity contribution in [2.75, 3.05) is 0 Å². The molecule has 0 aromatic heterocycles. The number of hydrogen-bond donors (Lipinski definition) is 1. The highest BCUT2D eigenvalue weighted by Crippen LogP contribution is 2.31. The van der Waals surface area contributed by atoms with Crippen molar-refractivity contribution in [1.82, 2.24) is 5.32 Å². The first kappa shape index (κ1) is 12.6. The molecule has 1 aromatic rings. The summed E-state index contributed by atoms with van der Waals surface area (Å²) in [6.45, 7) is 10.1. The quantitative estimate of drug-likeness (QED) is 0.833. The molecule has 3 unspecified atom stereocenters. The van der Waals surface area contributed by atoms with Crippen molar-refractivity contribution in [2.24, 2.45) is 11.8 Å². The van der Waals surface area contributed by atoms with Gasteiger partial charge in [-0.05, 0) is 55.2 Å². The van der Waals surface area contributed by atoms with E-state index in [1.807, 2.05) is 0 Å². The van der Waals surface area contributed by atoms with Gasteiger partial charge in [-0.15, -0.1) is 0 Å². The average Bonchev–Trinajstić information content (AvgIpc) is 2.62. The van der Waals surface area contributed by atoms with E-state index in [-0.39, 0.29) is 0 Å². The second kappa shape index (κ2) is 5.22. The fourth-order valence-corrected chi connectivity index (χ4v) is 2.82. The third-order valence-electron chi connectivity index (χ3n) is 4.60. The van der Waals surface area contributed by atoms with E-state index in [2.05, 4.69) is 51.2 Å². The molecule has 1 aliphatic rings. The first-order valence-corrected chi connectivity index (χ1v) is 6.87. The van der Waals surface area contributed by atoms with Crippen molar-refractivity contribution in [3.63, 3.8) is 0 Å². The van der Waals surface area contributed by atoms with Gasteiger partial charge in [0.2, 0.25) is 0 Å². The molecule has 1 fully saturated rings. The van der Waals surface area contributed by atoms with Gasteiger partial charge in [-0.1, -0.05) is 32.0 Å². The highest BCUT2D eigenvalue weighted by molar-refractivity contribution is 5.29. The summed E-state index contributed by atoms with van der Waals surface area (Å²) in [5.41, 5.74) is 4.20. The molecule has 0 spiro atoms. The Kier molecular flexibility index (Phi) is 3.88. The Hall–Kier alpha value is -0.820. The fraction of sp³-hybridized carbons (Fsp3) is 0.625. The molecule has 1 heteroatoms. The Bertz CT molecular complexity index is 383. The monoisotopic (exact) mass is 231 g/mol. The fourth-order valence-electron chi connectivity index (χ4n) is 2.82. The summed E-state index contributed by atoms with van der Waals surface area (Å²) in [5.74, 6) is 1.70. The van der Waals surface area contributed by atoms with E-state index in [0.29, 0.717) is 6.04 Å². The van der Waals surface area contributed by atoms with Crippen LogP contribution in [-0.2, 0) is 6.54 Å². The van der Waals surface area contributed by atoms with Crippen molar-refractivity contribution in [1.29, 1.82) is 0 Å². The van der Waals surface area contributed by atoms with Crippen LogP contribution in [0, 0.1) is 25.7 Å². The smallest absolute Gasteiger partial charge is 0.0208 e. The molecule has 94 valence electrons. The maximum Gasteiger partial charge on any atom is 0.0208 e. The predicted molar refractivity (Wildman–Crippen MR) is 74.1 cm³/mol. The molecule has 3 atom stereocenters. The van der Waals surface area contributed by atoms with Crippen LogP contribution >= 0.6 is 0 Å². The lowest BCUT2D eigenvalue weighted by molar-refractivity contribution is 0.370. The predicted octanol–water partition coefficient (Wildman–Crippen LogP) is 3.83. The topological polar surface area (TPSA) is 12.0 Å². The van der Waals surface area contributed by atoms with E-state index >= 15 is 0 Å². The van der Waals surface area contributed by atoms with Crippen LogP contribution in [0.25, 0.3) is 0 Å². The minimum absolute atomic E-state index is 0.714. The molecule has 0 bridgehead atoms. The Morgan fingerprint density at radius 3 is 2.47 bits per heavy atom. The van der Waals surface area contributed by atoms with Gasteiger partial charge in [0.05, 0.1) is 0 Å². The second-order valence-electron chi connectivity index (χ2n) is 5.82. The molecule has 0 saturated heterocycles. The molecule has 1 aromatic carbocycles. The van der Waals surface area contributed by atoms with Crippen LogP contribution < -0.4 is 5.32 Å². The number of rotatable bonds is 3. The summed E-state index contributed by atoms with van der Waals surface area (Å²) in [5, 5.41) is 3.72. The summed E-state index contributed by atoms with van der Waals surface area (Å²) in [7, 11) is 0. The summed E-state index contributed by atoms with van der Waals surface area (Å²) in [6, 6.07) is 7.50. The molecule has 1 N–H and O–H groups in total. The normalized spacial score (nSPS) is 28.6. The van der Waals surface area contributed by atoms with Crippen LogP contribution in [0.3, 0.4) is 0 Å². The number of hydrogen-bond acceptors (Lipinski definition) is 1. The van der Waals surface area contributed by atoms with E-state index in [0.717, 1.165) is 18.4 Å². The molecule has 17 heavy (non-hydrogen) atoms. The number of nitrogens with one attached hydrogen (secondary N) is 1. The molecular formula is C16H25N. The van der Waals surface area contributed by atoms with Gasteiger partial charge in [-0.25, -0.2) is 0 Å². The molecule has 1 nitrogen and oxygen atoms in total. The van der Waals surface area contributed by atoms with Crippen molar-refractivity contribution in [3.8, 4) is 0 Å². The van der Waals surface area contributed by atoms with Crippen LogP contribution in [0.15, 0.2) is 18.2 Å². The van der Waals surface area contributed by atoms with Gasteiger partial charge in [-0.3, -0.25) is 0 Å². The minimum atomic E-state index is 0.714. The summed E-state index contributed by atoms with van der Waals surface area (Å²) in [6.07, 6.45) is 2.72. The Labute approximate surface area is 106 Å². The van der Waals surface area contributed by atoms with E-state index in [4.69, 9.17) is 0 Å². The number of aryl methyl sites for hydroxylation is 2. The first-order chi connectivity index (χ1) is 8.08. The molecule has 0 amide bonds. The zero-order chi connectivity index (χ0) is 12.4. The van der Waals surface area contributed by atoms with Gasteiger partial charge in [-0.2, -0.15) is 0 Å². The molecule has 0 radical (unpaired) electrons. The molecule has 0 heterocycles. The summed E-state index contributed by atoms with van der Waals surface area (Å²) < 4.78 is 0. The van der Waals surface area contributed by atoms with Crippen LogP contribution in [0.5, 0.6) is 0 Å². The van der Waals surface area contributed by atoms with E-state index in [1.54, 1.807) is 0 Å². The molecular weight excluding hydrogens is 206 g/mol. The molecule has 1 aliphatic carbocycles. The van der Waals surface area contributed by atoms with Crippen LogP contribution in [0.2, 0.25) is 0 Å². The van der Waals surface area contributed by atoms with Gasteiger partial charge >= 0.3 is 0 Å². The van der Waals surface area contributed by atoms with E-state index < -0.39 is 0 Å². The van der Waals surface area contributed by atoms with E-state index in [1.165, 1.54) is 29.5 Å². The maximum atomic E-state index is 3.72. The Morgan fingerprint density at radius 1 is 1.12 bits per heavy atom. The van der Waals surface area contributed by atoms with Gasteiger partial charge in [0, 0.05) is 12.6 Å². The molecule has 0 aliphatic heterocycles. The molecule has 2 rings (SSSR count). The third-order valence-corrected chi connectivity index (χ3v) is 4.60. The highest BCUT2D eigenvalue weighted by atomic mass is 14.9. The average molecular weight is 231 g/mol. The zero-order valence-electron chi connectivity index (χ0n) is 11.6. The third kappa shape index (κ3) is 2.90. The van der Waals surface area contributed by atoms with Gasteiger partial charge < -0.3 is 5.32 Å². The van der Waals surface area contributed by atoms with Gasteiger partial charge in [0.15, 0.2) is 0 Å². The van der Waals surface area contributed by atoms with Crippen molar-refractivity contribution in [3.05, 3.63) is 34.9 Å². The lowest BCUT2D eigenvalue weighted by Crippen LogP contribution is -2.31. The Balaban J connectivity index is 1.92. The van der Waals surface area contributed by atoms with Crippen molar-refractivity contribution >= 4 is 0 Å². The van der Waals surface area contributed by atoms with Gasteiger partial charge in [0.25, 0.3) is 0 Å². The van der Waals surface area contributed by atoms with Crippen LogP contribution in [0.4, 0.5) is 0 Å². The summed E-state index contributed by atoms with van der Waals surface area (Å²) in [4.78, 5) is 0. The Morgan fingerprint density at radius 2 is 1.88 bits per heavy atom. The minimum Gasteiger partial charge on any atom is -0.310 e. The van der Waals surface area contributed by atoms with Crippen molar-refractivity contribution < 1.29 is 0 Å². The lowest BCUT2D eigenvalue weighted by atomic mass is 9.97. The summed E-state index contributed by atoms with van der Waals surface area (Å²) >= 11 is 0. The lowest BCUT2D eigenvalue weighted by Gasteiger charge is -2.20. The maximum absolute atomic E-state index is 3.72. The zero-order valence-corrected chi connectivity index (χ0v) is 11.6. The SMILES string of the molecule is Cc1ccc(CNC2CCC(C)C2C)cc1C. The first-order valence-electron chi connectivity index (χ1n) is 6.87. The standard InChI is InChI=1S/C16H25N/c1-11-5-7-15(9-13(11)3)10-17-16-8-6-12(2)14(16)4/h5,7,9,12,14,16-17H,6,8,10H2,1-4H3.